The summed E-state index contributed by atoms with van der Waals surface area (Å²) in [4.78, 5) is 11.4. The summed E-state index contributed by atoms with van der Waals surface area (Å²) in [6.45, 7) is 4.77. The summed E-state index contributed by atoms with van der Waals surface area (Å²) in [6.07, 6.45) is 1.13. The van der Waals surface area contributed by atoms with Crippen molar-refractivity contribution in [2.45, 2.75) is 32.8 Å². The van der Waals surface area contributed by atoms with Gasteiger partial charge >= 0.3 is 5.97 Å². The van der Waals surface area contributed by atoms with Crippen LogP contribution in [0.5, 0.6) is 5.88 Å². The third-order valence-electron chi connectivity index (χ3n) is 2.91. The molecular formula is C12H16N2O4. The summed E-state index contributed by atoms with van der Waals surface area (Å²) in [5.41, 5.74) is 1.55. The van der Waals surface area contributed by atoms with Crippen molar-refractivity contribution >= 4 is 5.97 Å². The highest BCUT2D eigenvalue weighted by molar-refractivity contribution is 5.92. The zero-order chi connectivity index (χ0) is 13.1. The number of carbonyl (C=O) groups is 1. The number of carboxylic acids is 1. The normalized spacial score (nSPS) is 15.2. The molecule has 1 N–H and O–H groups in total. The van der Waals surface area contributed by atoms with E-state index in [-0.39, 0.29) is 17.5 Å². The molecule has 0 atom stereocenters. The van der Waals surface area contributed by atoms with Gasteiger partial charge in [0.05, 0.1) is 18.9 Å². The van der Waals surface area contributed by atoms with Crippen LogP contribution < -0.4 is 4.74 Å². The zero-order valence-electron chi connectivity index (χ0n) is 10.5. The van der Waals surface area contributed by atoms with Crippen LogP contribution in [0.1, 0.15) is 35.5 Å². The fourth-order valence-electron chi connectivity index (χ4n) is 1.90. The summed E-state index contributed by atoms with van der Waals surface area (Å²) in [5, 5.41) is 17.3. The first-order valence-corrected chi connectivity index (χ1v) is 6.03. The number of carboxylic acid groups (broad SMARTS) is 1. The van der Waals surface area contributed by atoms with Crippen molar-refractivity contribution in [2.75, 3.05) is 13.2 Å². The maximum atomic E-state index is 11.4. The van der Waals surface area contributed by atoms with Gasteiger partial charge in [0, 0.05) is 0 Å². The number of aromatic nitrogens is 2. The summed E-state index contributed by atoms with van der Waals surface area (Å²) < 4.78 is 10.5. The van der Waals surface area contributed by atoms with Gasteiger partial charge in [-0.1, -0.05) is 13.8 Å². The lowest BCUT2D eigenvalue weighted by molar-refractivity contribution is -0.0819. The molecule has 1 saturated heterocycles. The highest BCUT2D eigenvalue weighted by Crippen LogP contribution is 2.24. The van der Waals surface area contributed by atoms with Crippen molar-refractivity contribution in [3.63, 3.8) is 0 Å². The topological polar surface area (TPSA) is 81.5 Å². The van der Waals surface area contributed by atoms with E-state index in [4.69, 9.17) is 9.47 Å². The molecule has 2 rings (SSSR count). The minimum absolute atomic E-state index is 0.102. The molecule has 18 heavy (non-hydrogen) atoms. The van der Waals surface area contributed by atoms with Gasteiger partial charge in [-0.3, -0.25) is 0 Å². The largest absolute Gasteiger partial charge is 0.477 e. The average molecular weight is 252 g/mol. The molecule has 1 aliphatic rings. The maximum absolute atomic E-state index is 11.4. The van der Waals surface area contributed by atoms with Crippen LogP contribution >= 0.6 is 0 Å². The second kappa shape index (κ2) is 5.30. The van der Waals surface area contributed by atoms with E-state index in [0.717, 1.165) is 0 Å². The van der Waals surface area contributed by atoms with Crippen molar-refractivity contribution in [3.05, 3.63) is 16.8 Å². The van der Waals surface area contributed by atoms with Crippen LogP contribution in [0.3, 0.4) is 0 Å². The van der Waals surface area contributed by atoms with Gasteiger partial charge in [0.2, 0.25) is 5.88 Å². The van der Waals surface area contributed by atoms with E-state index in [1.807, 2.05) is 13.8 Å². The molecule has 0 spiro atoms. The van der Waals surface area contributed by atoms with Gasteiger partial charge in [0.25, 0.3) is 0 Å². The van der Waals surface area contributed by atoms with Crippen LogP contribution in [-0.2, 0) is 17.6 Å². The number of aryl methyl sites for hydroxylation is 1. The fraction of sp³-hybridized carbons (Fsp3) is 0.583. The molecule has 0 radical (unpaired) electrons. The quantitative estimate of drug-likeness (QED) is 0.844. The second-order valence-corrected chi connectivity index (χ2v) is 4.09. The van der Waals surface area contributed by atoms with Gasteiger partial charge in [-0.25, -0.2) is 4.79 Å². The lowest BCUT2D eigenvalue weighted by atomic mass is 10.0. The molecule has 1 fully saturated rings. The first-order chi connectivity index (χ1) is 8.67. The third kappa shape index (κ3) is 2.28. The van der Waals surface area contributed by atoms with E-state index in [1.54, 1.807) is 0 Å². The first-order valence-electron chi connectivity index (χ1n) is 6.03. The zero-order valence-corrected chi connectivity index (χ0v) is 10.5. The monoisotopic (exact) mass is 252 g/mol. The number of hydrogen-bond donors (Lipinski definition) is 1. The summed E-state index contributed by atoms with van der Waals surface area (Å²) in [6, 6.07) is 0. The predicted molar refractivity (Wildman–Crippen MR) is 63.0 cm³/mol. The van der Waals surface area contributed by atoms with Crippen LogP contribution in [0.15, 0.2) is 0 Å². The third-order valence-corrected chi connectivity index (χ3v) is 2.91. The molecule has 6 heteroatoms. The van der Waals surface area contributed by atoms with E-state index in [9.17, 15) is 9.90 Å². The van der Waals surface area contributed by atoms with E-state index in [1.165, 1.54) is 0 Å². The predicted octanol–water partition coefficient (Wildman–Crippen LogP) is 1.08. The molecule has 1 aromatic rings. The Balaban J connectivity index is 2.41. The van der Waals surface area contributed by atoms with Crippen LogP contribution in [0.4, 0.5) is 0 Å². The Labute approximate surface area is 105 Å². The van der Waals surface area contributed by atoms with Gasteiger partial charge in [-0.15, -0.1) is 5.10 Å². The molecular weight excluding hydrogens is 236 g/mol. The Bertz CT molecular complexity index is 458. The molecule has 0 unspecified atom stereocenters. The lowest BCUT2D eigenvalue weighted by Gasteiger charge is -2.26. The van der Waals surface area contributed by atoms with Gasteiger partial charge < -0.3 is 14.6 Å². The van der Waals surface area contributed by atoms with Gasteiger partial charge in [0.15, 0.2) is 0 Å². The minimum Gasteiger partial charge on any atom is -0.477 e. The Hall–Kier alpha value is -1.69. The van der Waals surface area contributed by atoms with Crippen molar-refractivity contribution in [2.24, 2.45) is 0 Å². The summed E-state index contributed by atoms with van der Waals surface area (Å²) in [7, 11) is 0. The fourth-order valence-corrected chi connectivity index (χ4v) is 1.90. The molecule has 2 heterocycles. The Morgan fingerprint density at radius 2 is 2.11 bits per heavy atom. The van der Waals surface area contributed by atoms with Crippen LogP contribution in [-0.4, -0.2) is 40.6 Å². The SMILES string of the molecule is CCc1nnc(OC2COC2)c(C(=O)O)c1CC. The minimum atomic E-state index is -1.02. The van der Waals surface area contributed by atoms with E-state index < -0.39 is 5.97 Å². The van der Waals surface area contributed by atoms with Gasteiger partial charge in [-0.2, -0.15) is 5.10 Å². The maximum Gasteiger partial charge on any atom is 0.341 e. The smallest absolute Gasteiger partial charge is 0.341 e. The Kier molecular flexibility index (Phi) is 3.76. The van der Waals surface area contributed by atoms with Gasteiger partial charge in [-0.05, 0) is 18.4 Å². The first kappa shape index (κ1) is 12.8. The van der Waals surface area contributed by atoms with E-state index in [0.29, 0.717) is 37.3 Å². The lowest BCUT2D eigenvalue weighted by Crippen LogP contribution is -2.39. The molecule has 1 aromatic heterocycles. The van der Waals surface area contributed by atoms with Crippen molar-refractivity contribution < 1.29 is 19.4 Å². The highest BCUT2D eigenvalue weighted by atomic mass is 16.6. The standard InChI is InChI=1S/C12H16N2O4/c1-3-8-9(4-2)13-14-11(10(8)12(15)16)18-7-5-17-6-7/h7H,3-6H2,1-2H3,(H,15,16). The van der Waals surface area contributed by atoms with Crippen LogP contribution in [0.25, 0.3) is 0 Å². The number of ether oxygens (including phenoxy) is 2. The van der Waals surface area contributed by atoms with Crippen molar-refractivity contribution in [3.8, 4) is 5.88 Å². The summed E-state index contributed by atoms with van der Waals surface area (Å²) >= 11 is 0. The molecule has 6 nitrogen and oxygen atoms in total. The molecule has 1 aliphatic heterocycles. The van der Waals surface area contributed by atoms with Gasteiger partial charge in [0.1, 0.15) is 11.7 Å². The number of hydrogen-bond acceptors (Lipinski definition) is 5. The average Bonchev–Trinajstić information content (AvgIpc) is 2.32. The van der Waals surface area contributed by atoms with Crippen LogP contribution in [0.2, 0.25) is 0 Å². The Morgan fingerprint density at radius 3 is 2.56 bits per heavy atom. The Morgan fingerprint density at radius 1 is 1.39 bits per heavy atom. The second-order valence-electron chi connectivity index (χ2n) is 4.09. The van der Waals surface area contributed by atoms with E-state index in [2.05, 4.69) is 10.2 Å². The van der Waals surface area contributed by atoms with Crippen molar-refractivity contribution in [1.29, 1.82) is 0 Å². The molecule has 0 saturated carbocycles. The van der Waals surface area contributed by atoms with Crippen molar-refractivity contribution in [1.82, 2.24) is 10.2 Å². The number of rotatable bonds is 5. The number of nitrogens with zero attached hydrogens (tertiary/aromatic N) is 2. The molecule has 0 amide bonds. The molecule has 98 valence electrons. The molecule has 0 bridgehead atoms. The molecule has 0 aromatic carbocycles. The summed E-state index contributed by atoms with van der Waals surface area (Å²) in [5.74, 6) is -0.920. The highest BCUT2D eigenvalue weighted by Gasteiger charge is 2.27. The van der Waals surface area contributed by atoms with E-state index >= 15 is 0 Å². The molecule has 0 aliphatic carbocycles. The number of aromatic carboxylic acids is 1. The van der Waals surface area contributed by atoms with Crippen LogP contribution in [0, 0.1) is 0 Å².